The minimum absolute atomic E-state index is 0.165. The van der Waals surface area contributed by atoms with Crippen LogP contribution in [0.15, 0.2) is 28.7 Å². The van der Waals surface area contributed by atoms with E-state index >= 15 is 0 Å². The van der Waals surface area contributed by atoms with E-state index in [1.165, 1.54) is 5.56 Å². The number of benzene rings is 1. The first kappa shape index (κ1) is 11.1. The number of halogens is 1. The number of nitrogens with one attached hydrogen (secondary N) is 1. The van der Waals surface area contributed by atoms with Crippen molar-refractivity contribution in [2.75, 3.05) is 5.32 Å². The van der Waals surface area contributed by atoms with Crippen molar-refractivity contribution in [3.8, 4) is 0 Å². The molecule has 0 saturated heterocycles. The van der Waals surface area contributed by atoms with Gasteiger partial charge in [0.1, 0.15) is 0 Å². The lowest BCUT2D eigenvalue weighted by Gasteiger charge is -2.13. The van der Waals surface area contributed by atoms with Crippen LogP contribution >= 0.6 is 15.9 Å². The van der Waals surface area contributed by atoms with Crippen molar-refractivity contribution in [1.82, 2.24) is 20.2 Å². The van der Waals surface area contributed by atoms with Crippen LogP contribution in [-0.4, -0.2) is 20.2 Å². The molecular weight excluding hydrogens is 270 g/mol. The van der Waals surface area contributed by atoms with Gasteiger partial charge in [0.15, 0.2) is 0 Å². The van der Waals surface area contributed by atoms with Crippen LogP contribution in [0.2, 0.25) is 0 Å². The molecule has 5 nitrogen and oxygen atoms in total. The molecule has 0 aliphatic carbocycles. The lowest BCUT2D eigenvalue weighted by atomic mass is 10.1. The number of rotatable bonds is 3. The molecule has 0 aliphatic heterocycles. The number of aromatic nitrogens is 4. The topological polar surface area (TPSA) is 55.6 Å². The van der Waals surface area contributed by atoms with Gasteiger partial charge >= 0.3 is 0 Å². The highest BCUT2D eigenvalue weighted by Crippen LogP contribution is 2.19. The van der Waals surface area contributed by atoms with E-state index in [4.69, 9.17) is 0 Å². The minimum atomic E-state index is 0.165. The molecule has 0 radical (unpaired) electrons. The highest BCUT2D eigenvalue weighted by Gasteiger charge is 2.08. The molecule has 1 unspecified atom stereocenters. The van der Waals surface area contributed by atoms with E-state index in [-0.39, 0.29) is 6.04 Å². The van der Waals surface area contributed by atoms with Crippen molar-refractivity contribution in [2.45, 2.75) is 13.0 Å². The number of hydrogen-bond acceptors (Lipinski definition) is 4. The standard InChI is InChI=1S/C10H12BrN5/c1-7(8-3-5-9(11)6-4-8)12-10-13-14-15-16(10)2/h3-7H,1-2H3,(H,12,13,15). The van der Waals surface area contributed by atoms with Gasteiger partial charge in [-0.1, -0.05) is 33.2 Å². The number of tetrazole rings is 1. The average molecular weight is 282 g/mol. The summed E-state index contributed by atoms with van der Waals surface area (Å²) in [5.41, 5.74) is 1.19. The predicted octanol–water partition coefficient (Wildman–Crippen LogP) is 2.15. The lowest BCUT2D eigenvalue weighted by molar-refractivity contribution is 0.706. The molecule has 1 N–H and O–H groups in total. The average Bonchev–Trinajstić information content (AvgIpc) is 2.65. The molecule has 0 amide bonds. The summed E-state index contributed by atoms with van der Waals surface area (Å²) >= 11 is 3.41. The fourth-order valence-electron chi connectivity index (χ4n) is 1.38. The van der Waals surface area contributed by atoms with Crippen molar-refractivity contribution >= 4 is 21.9 Å². The Morgan fingerprint density at radius 3 is 2.56 bits per heavy atom. The Labute approximate surface area is 102 Å². The van der Waals surface area contributed by atoms with Gasteiger partial charge in [-0.15, -0.1) is 0 Å². The fraction of sp³-hybridized carbons (Fsp3) is 0.300. The monoisotopic (exact) mass is 281 g/mol. The van der Waals surface area contributed by atoms with Gasteiger partial charge in [0.05, 0.1) is 6.04 Å². The third-order valence-electron chi connectivity index (χ3n) is 2.34. The van der Waals surface area contributed by atoms with Gasteiger partial charge in [-0.25, -0.2) is 4.68 Å². The molecule has 1 aromatic carbocycles. The van der Waals surface area contributed by atoms with Crippen LogP contribution in [0.25, 0.3) is 0 Å². The third-order valence-corrected chi connectivity index (χ3v) is 2.86. The Balaban J connectivity index is 2.11. The molecule has 84 valence electrons. The maximum Gasteiger partial charge on any atom is 0.243 e. The highest BCUT2D eigenvalue weighted by atomic mass is 79.9. The van der Waals surface area contributed by atoms with Crippen LogP contribution < -0.4 is 5.32 Å². The zero-order valence-electron chi connectivity index (χ0n) is 9.05. The lowest BCUT2D eigenvalue weighted by Crippen LogP contribution is -2.10. The molecule has 1 heterocycles. The first-order valence-corrected chi connectivity index (χ1v) is 5.70. The van der Waals surface area contributed by atoms with E-state index in [1.807, 2.05) is 12.1 Å². The fourth-order valence-corrected chi connectivity index (χ4v) is 1.64. The molecule has 2 rings (SSSR count). The minimum Gasteiger partial charge on any atom is -0.347 e. The number of anilines is 1. The number of hydrogen-bond donors (Lipinski definition) is 1. The van der Waals surface area contributed by atoms with Crippen molar-refractivity contribution in [2.24, 2.45) is 7.05 Å². The normalized spacial score (nSPS) is 12.4. The van der Waals surface area contributed by atoms with Crippen molar-refractivity contribution in [3.63, 3.8) is 0 Å². The third kappa shape index (κ3) is 2.38. The molecule has 2 aromatic rings. The van der Waals surface area contributed by atoms with Crippen LogP contribution in [0, 0.1) is 0 Å². The zero-order valence-corrected chi connectivity index (χ0v) is 10.6. The van der Waals surface area contributed by atoms with Gasteiger partial charge in [-0.05, 0) is 35.0 Å². The molecule has 16 heavy (non-hydrogen) atoms. The maximum absolute atomic E-state index is 3.88. The number of nitrogens with zero attached hydrogens (tertiary/aromatic N) is 4. The number of aryl methyl sites for hydroxylation is 1. The molecule has 0 bridgehead atoms. The summed E-state index contributed by atoms with van der Waals surface area (Å²) in [6.07, 6.45) is 0. The van der Waals surface area contributed by atoms with Crippen LogP contribution in [0.3, 0.4) is 0 Å². The van der Waals surface area contributed by atoms with E-state index in [2.05, 4.69) is 55.8 Å². The summed E-state index contributed by atoms with van der Waals surface area (Å²) in [5, 5.41) is 14.5. The van der Waals surface area contributed by atoms with E-state index in [0.717, 1.165) is 4.47 Å². The largest absolute Gasteiger partial charge is 0.347 e. The quantitative estimate of drug-likeness (QED) is 0.937. The van der Waals surface area contributed by atoms with E-state index in [1.54, 1.807) is 11.7 Å². The van der Waals surface area contributed by atoms with Gasteiger partial charge in [0.2, 0.25) is 5.95 Å². The second kappa shape index (κ2) is 4.61. The van der Waals surface area contributed by atoms with E-state index < -0.39 is 0 Å². The Morgan fingerprint density at radius 2 is 2.00 bits per heavy atom. The van der Waals surface area contributed by atoms with Gasteiger partial charge in [-0.3, -0.25) is 0 Å². The van der Waals surface area contributed by atoms with Crippen LogP contribution in [0.1, 0.15) is 18.5 Å². The molecular formula is C10H12BrN5. The molecule has 0 saturated carbocycles. The molecule has 0 fully saturated rings. The molecule has 6 heteroatoms. The summed E-state index contributed by atoms with van der Waals surface area (Å²) in [5.74, 6) is 0.662. The van der Waals surface area contributed by atoms with E-state index in [9.17, 15) is 0 Å². The summed E-state index contributed by atoms with van der Waals surface area (Å²) in [7, 11) is 1.80. The van der Waals surface area contributed by atoms with Gasteiger partial charge in [-0.2, -0.15) is 0 Å². The van der Waals surface area contributed by atoms with E-state index in [0.29, 0.717) is 5.95 Å². The second-order valence-electron chi connectivity index (χ2n) is 3.54. The van der Waals surface area contributed by atoms with Crippen molar-refractivity contribution in [1.29, 1.82) is 0 Å². The SMILES string of the molecule is CC(Nc1nnnn1C)c1ccc(Br)cc1. The summed E-state index contributed by atoms with van der Waals surface area (Å²) in [6.45, 7) is 2.07. The molecule has 1 atom stereocenters. The van der Waals surface area contributed by atoms with Gasteiger partial charge in [0.25, 0.3) is 0 Å². The Hall–Kier alpha value is -1.43. The zero-order chi connectivity index (χ0) is 11.5. The highest BCUT2D eigenvalue weighted by molar-refractivity contribution is 9.10. The first-order valence-electron chi connectivity index (χ1n) is 4.91. The summed E-state index contributed by atoms with van der Waals surface area (Å²) in [6, 6.07) is 8.32. The van der Waals surface area contributed by atoms with Crippen LogP contribution in [0.5, 0.6) is 0 Å². The predicted molar refractivity (Wildman–Crippen MR) is 65.0 cm³/mol. The molecule has 1 aromatic heterocycles. The maximum atomic E-state index is 3.88. The smallest absolute Gasteiger partial charge is 0.243 e. The summed E-state index contributed by atoms with van der Waals surface area (Å²) < 4.78 is 2.68. The molecule has 0 spiro atoms. The van der Waals surface area contributed by atoms with Gasteiger partial charge in [0, 0.05) is 11.5 Å². The first-order chi connectivity index (χ1) is 7.66. The summed E-state index contributed by atoms with van der Waals surface area (Å²) in [4.78, 5) is 0. The Morgan fingerprint density at radius 1 is 1.31 bits per heavy atom. The Kier molecular flexibility index (Phi) is 3.19. The van der Waals surface area contributed by atoms with Gasteiger partial charge < -0.3 is 5.32 Å². The van der Waals surface area contributed by atoms with Crippen molar-refractivity contribution in [3.05, 3.63) is 34.3 Å². The van der Waals surface area contributed by atoms with Crippen LogP contribution in [0.4, 0.5) is 5.95 Å². The Bertz CT molecular complexity index is 464. The van der Waals surface area contributed by atoms with Crippen LogP contribution in [-0.2, 0) is 7.05 Å². The van der Waals surface area contributed by atoms with Crippen molar-refractivity contribution < 1.29 is 0 Å². The second-order valence-corrected chi connectivity index (χ2v) is 4.46. The molecule has 0 aliphatic rings.